The molecule has 19 heavy (non-hydrogen) atoms. The van der Waals surface area contributed by atoms with E-state index in [1.165, 1.54) is 43.2 Å². The zero-order valence-corrected chi connectivity index (χ0v) is 12.8. The van der Waals surface area contributed by atoms with E-state index in [0.29, 0.717) is 12.1 Å². The largest absolute Gasteiger partial charge is 0.307 e. The second-order valence-corrected chi connectivity index (χ2v) is 6.06. The van der Waals surface area contributed by atoms with Gasteiger partial charge in [0, 0.05) is 12.1 Å². The zero-order chi connectivity index (χ0) is 13.7. The smallest absolute Gasteiger partial charge is 0.0320 e. The molecule has 2 atom stereocenters. The molecule has 1 unspecified atom stereocenters. The Morgan fingerprint density at radius 2 is 1.74 bits per heavy atom. The third-order valence-electron chi connectivity index (χ3n) is 4.77. The van der Waals surface area contributed by atoms with Crippen LogP contribution in [0.4, 0.5) is 0 Å². The van der Waals surface area contributed by atoms with Crippen LogP contribution in [0.25, 0.3) is 0 Å². The molecule has 0 aromatic heterocycles. The Bertz CT molecular complexity index is 362. The summed E-state index contributed by atoms with van der Waals surface area (Å²) in [6.45, 7) is 6.87. The molecular formula is C18H29N. The van der Waals surface area contributed by atoms with Crippen molar-refractivity contribution >= 4 is 0 Å². The summed E-state index contributed by atoms with van der Waals surface area (Å²) in [5.41, 5.74) is 2.88. The predicted molar refractivity (Wildman–Crippen MR) is 83.4 cm³/mol. The van der Waals surface area contributed by atoms with Crippen molar-refractivity contribution in [3.63, 3.8) is 0 Å². The van der Waals surface area contributed by atoms with Gasteiger partial charge in [-0.15, -0.1) is 0 Å². The number of hydrogen-bond donors (Lipinski definition) is 1. The minimum atomic E-state index is 0.515. The van der Waals surface area contributed by atoms with E-state index in [-0.39, 0.29) is 0 Å². The lowest BCUT2D eigenvalue weighted by atomic mass is 9.96. The van der Waals surface area contributed by atoms with Crippen LogP contribution in [0, 0.1) is 5.92 Å². The molecule has 1 saturated carbocycles. The minimum absolute atomic E-state index is 0.515. The monoisotopic (exact) mass is 259 g/mol. The molecule has 0 radical (unpaired) electrons. The van der Waals surface area contributed by atoms with Gasteiger partial charge in [-0.3, -0.25) is 0 Å². The number of nitrogens with one attached hydrogen (secondary N) is 1. The first kappa shape index (κ1) is 14.6. The number of hydrogen-bond acceptors (Lipinski definition) is 1. The van der Waals surface area contributed by atoms with E-state index in [1.54, 1.807) is 0 Å². The molecule has 1 fully saturated rings. The molecule has 0 saturated heterocycles. The van der Waals surface area contributed by atoms with Crippen LogP contribution in [0.5, 0.6) is 0 Å². The lowest BCUT2D eigenvalue weighted by Crippen LogP contribution is -2.35. The lowest BCUT2D eigenvalue weighted by Gasteiger charge is -2.27. The standard InChI is InChI=1S/C18H29N/c1-4-15-10-12-17(13-11-15)18(5-2)19-14(3)16-8-6-7-9-16/h10-14,16,18-19H,4-9H2,1-3H3/t14-,18?/m0/s1. The van der Waals surface area contributed by atoms with Crippen LogP contribution in [-0.2, 0) is 6.42 Å². The van der Waals surface area contributed by atoms with Crippen LogP contribution in [-0.4, -0.2) is 6.04 Å². The fourth-order valence-electron chi connectivity index (χ4n) is 3.35. The summed E-state index contributed by atoms with van der Waals surface area (Å²) in [4.78, 5) is 0. The van der Waals surface area contributed by atoms with Gasteiger partial charge in [-0.05, 0) is 49.7 Å². The molecule has 1 aliphatic carbocycles. The highest BCUT2D eigenvalue weighted by Gasteiger charge is 2.23. The van der Waals surface area contributed by atoms with Crippen LogP contribution in [0.1, 0.15) is 70.0 Å². The van der Waals surface area contributed by atoms with Gasteiger partial charge in [-0.25, -0.2) is 0 Å². The van der Waals surface area contributed by atoms with Gasteiger partial charge in [0.1, 0.15) is 0 Å². The van der Waals surface area contributed by atoms with Crippen molar-refractivity contribution in [3.05, 3.63) is 35.4 Å². The van der Waals surface area contributed by atoms with Crippen molar-refractivity contribution < 1.29 is 0 Å². The lowest BCUT2D eigenvalue weighted by molar-refractivity contribution is 0.339. The summed E-state index contributed by atoms with van der Waals surface area (Å²) in [6.07, 6.45) is 7.99. The molecule has 1 heteroatoms. The highest BCUT2D eigenvalue weighted by Crippen LogP contribution is 2.29. The summed E-state index contributed by atoms with van der Waals surface area (Å²) in [5, 5.41) is 3.86. The Labute approximate surface area is 118 Å². The SMILES string of the molecule is CCc1ccc(C(CC)N[C@@H](C)C2CCCC2)cc1. The van der Waals surface area contributed by atoms with E-state index in [1.807, 2.05) is 0 Å². The minimum Gasteiger partial charge on any atom is -0.307 e. The van der Waals surface area contributed by atoms with Crippen LogP contribution < -0.4 is 5.32 Å². The van der Waals surface area contributed by atoms with Gasteiger partial charge >= 0.3 is 0 Å². The van der Waals surface area contributed by atoms with Crippen LogP contribution >= 0.6 is 0 Å². The molecule has 0 bridgehead atoms. The Morgan fingerprint density at radius 1 is 1.11 bits per heavy atom. The molecule has 106 valence electrons. The van der Waals surface area contributed by atoms with Gasteiger partial charge in [0.05, 0.1) is 0 Å². The summed E-state index contributed by atoms with van der Waals surface area (Å²) < 4.78 is 0. The van der Waals surface area contributed by atoms with E-state index in [4.69, 9.17) is 0 Å². The van der Waals surface area contributed by atoms with Crippen LogP contribution in [0.15, 0.2) is 24.3 Å². The van der Waals surface area contributed by atoms with Crippen molar-refractivity contribution in [3.8, 4) is 0 Å². The van der Waals surface area contributed by atoms with E-state index in [0.717, 1.165) is 12.3 Å². The van der Waals surface area contributed by atoms with Crippen LogP contribution in [0.3, 0.4) is 0 Å². The molecule has 0 heterocycles. The topological polar surface area (TPSA) is 12.0 Å². The van der Waals surface area contributed by atoms with E-state index in [9.17, 15) is 0 Å². The van der Waals surface area contributed by atoms with Crippen molar-refractivity contribution in [2.45, 2.75) is 71.4 Å². The summed E-state index contributed by atoms with van der Waals surface area (Å²) >= 11 is 0. The van der Waals surface area contributed by atoms with E-state index >= 15 is 0 Å². The first-order chi connectivity index (χ1) is 9.24. The molecule has 1 N–H and O–H groups in total. The number of aryl methyl sites for hydroxylation is 1. The van der Waals surface area contributed by atoms with Crippen molar-refractivity contribution in [1.29, 1.82) is 0 Å². The number of rotatable bonds is 6. The Balaban J connectivity index is 1.97. The van der Waals surface area contributed by atoms with Gasteiger partial charge in [0.25, 0.3) is 0 Å². The Morgan fingerprint density at radius 3 is 2.26 bits per heavy atom. The molecule has 2 rings (SSSR count). The molecule has 0 amide bonds. The molecular weight excluding hydrogens is 230 g/mol. The number of benzene rings is 1. The van der Waals surface area contributed by atoms with E-state index in [2.05, 4.69) is 50.4 Å². The third kappa shape index (κ3) is 3.82. The average molecular weight is 259 g/mol. The maximum absolute atomic E-state index is 3.86. The Kier molecular flexibility index (Phi) is 5.45. The predicted octanol–water partition coefficient (Wildman–Crippen LogP) is 4.87. The molecule has 1 aromatic rings. The molecule has 0 aliphatic heterocycles. The first-order valence-electron chi connectivity index (χ1n) is 8.09. The zero-order valence-electron chi connectivity index (χ0n) is 12.8. The van der Waals surface area contributed by atoms with Gasteiger partial charge in [0.2, 0.25) is 0 Å². The maximum atomic E-state index is 3.86. The molecule has 1 nitrogen and oxygen atoms in total. The van der Waals surface area contributed by atoms with Crippen molar-refractivity contribution in [2.24, 2.45) is 5.92 Å². The fourth-order valence-corrected chi connectivity index (χ4v) is 3.35. The maximum Gasteiger partial charge on any atom is 0.0320 e. The van der Waals surface area contributed by atoms with Gasteiger partial charge < -0.3 is 5.32 Å². The van der Waals surface area contributed by atoms with Crippen molar-refractivity contribution in [1.82, 2.24) is 5.32 Å². The molecule has 1 aliphatic rings. The highest BCUT2D eigenvalue weighted by atomic mass is 14.9. The van der Waals surface area contributed by atoms with E-state index < -0.39 is 0 Å². The highest BCUT2D eigenvalue weighted by molar-refractivity contribution is 5.25. The quantitative estimate of drug-likeness (QED) is 0.768. The first-order valence-corrected chi connectivity index (χ1v) is 8.09. The van der Waals surface area contributed by atoms with Gasteiger partial charge in [0.15, 0.2) is 0 Å². The fraction of sp³-hybridized carbons (Fsp3) is 0.667. The average Bonchev–Trinajstić information content (AvgIpc) is 2.99. The summed E-state index contributed by atoms with van der Waals surface area (Å²) in [6, 6.07) is 10.3. The van der Waals surface area contributed by atoms with Crippen molar-refractivity contribution in [2.75, 3.05) is 0 Å². The van der Waals surface area contributed by atoms with Gasteiger partial charge in [-0.1, -0.05) is 51.0 Å². The second-order valence-electron chi connectivity index (χ2n) is 6.06. The molecule has 1 aromatic carbocycles. The van der Waals surface area contributed by atoms with Gasteiger partial charge in [-0.2, -0.15) is 0 Å². The normalized spacial score (nSPS) is 19.5. The summed E-state index contributed by atoms with van der Waals surface area (Å²) in [7, 11) is 0. The Hall–Kier alpha value is -0.820. The second kappa shape index (κ2) is 7.09. The third-order valence-corrected chi connectivity index (χ3v) is 4.77. The van der Waals surface area contributed by atoms with Crippen LogP contribution in [0.2, 0.25) is 0 Å². The summed E-state index contributed by atoms with van der Waals surface area (Å²) in [5.74, 6) is 0.893. The molecule has 0 spiro atoms.